The number of hydrogen-bond acceptors (Lipinski definition) is 6. The number of fused-ring (bicyclic) bond motifs is 4. The zero-order valence-corrected chi connectivity index (χ0v) is 34.5. The van der Waals surface area contributed by atoms with Gasteiger partial charge in [0.1, 0.15) is 0 Å². The lowest BCUT2D eigenvalue weighted by atomic mass is 9.99. The molecule has 12 aromatic rings. The Balaban J connectivity index is 0.910. The van der Waals surface area contributed by atoms with Crippen molar-refractivity contribution in [2.75, 3.05) is 0 Å². The van der Waals surface area contributed by atoms with E-state index in [1.54, 1.807) is 0 Å². The molecule has 0 radical (unpaired) electrons. The number of nitrogens with zero attached hydrogens (tertiary/aromatic N) is 6. The van der Waals surface area contributed by atoms with Crippen molar-refractivity contribution in [3.8, 4) is 78.9 Å². The molecule has 8 aromatic carbocycles. The van der Waals surface area contributed by atoms with Crippen LogP contribution in [-0.2, 0) is 0 Å². The number of para-hydroxylation sites is 2. The van der Waals surface area contributed by atoms with Gasteiger partial charge in [-0.2, -0.15) is 0 Å². The summed E-state index contributed by atoms with van der Waals surface area (Å²) in [7, 11) is 0. The van der Waals surface area contributed by atoms with Crippen LogP contribution in [0.2, 0.25) is 0 Å². The maximum absolute atomic E-state index is 5.20. The number of rotatable bonds is 7. The number of pyridine rings is 2. The molecule has 0 amide bonds. The van der Waals surface area contributed by atoms with Crippen LogP contribution in [0, 0.1) is 0 Å². The van der Waals surface area contributed by atoms with Crippen LogP contribution in [0.1, 0.15) is 0 Å². The Kier molecular flexibility index (Phi) is 9.05. The number of hydrogen-bond donors (Lipinski definition) is 0. The molecule has 4 aromatic heterocycles. The van der Waals surface area contributed by atoms with Crippen LogP contribution in [0.3, 0.4) is 0 Å². The van der Waals surface area contributed by atoms with Crippen LogP contribution in [0.25, 0.3) is 122 Å². The Morgan fingerprint density at radius 2 is 0.609 bits per heavy atom. The number of aromatic nitrogens is 6. The summed E-state index contributed by atoms with van der Waals surface area (Å²) in [6.07, 6.45) is 3.81. The van der Waals surface area contributed by atoms with Crippen molar-refractivity contribution in [3.05, 3.63) is 219 Å². The predicted molar refractivity (Wildman–Crippen MR) is 261 cm³/mol. The summed E-state index contributed by atoms with van der Waals surface area (Å²) in [5, 5.41) is 6.74. The highest BCUT2D eigenvalue weighted by Gasteiger charge is 2.16. The zero-order chi connectivity index (χ0) is 42.4. The second-order valence-corrected chi connectivity index (χ2v) is 16.0. The lowest BCUT2D eigenvalue weighted by Crippen LogP contribution is -1.97. The van der Waals surface area contributed by atoms with Gasteiger partial charge in [-0.15, -0.1) is 0 Å². The van der Waals surface area contributed by atoms with E-state index < -0.39 is 0 Å². The molecule has 0 saturated carbocycles. The molecular weight excluding hydrogens is 781 g/mol. The molecule has 0 aliphatic heterocycles. The third kappa shape index (κ3) is 6.89. The van der Waals surface area contributed by atoms with E-state index in [0.29, 0.717) is 11.6 Å². The average molecular weight is 817 g/mol. The molecule has 0 bridgehead atoms. The highest BCUT2D eigenvalue weighted by atomic mass is 14.9. The van der Waals surface area contributed by atoms with Gasteiger partial charge in [0.05, 0.1) is 33.8 Å². The lowest BCUT2D eigenvalue weighted by molar-refractivity contribution is 1.18. The molecule has 64 heavy (non-hydrogen) atoms. The van der Waals surface area contributed by atoms with E-state index in [4.69, 9.17) is 29.9 Å². The molecule has 0 N–H and O–H groups in total. The summed E-state index contributed by atoms with van der Waals surface area (Å²) in [6.45, 7) is 0. The van der Waals surface area contributed by atoms with Crippen molar-refractivity contribution >= 4 is 43.4 Å². The van der Waals surface area contributed by atoms with Gasteiger partial charge in [-0.3, -0.25) is 9.97 Å². The molecule has 0 spiro atoms. The molecular formula is C58H36N6. The minimum atomic E-state index is 0.649. The van der Waals surface area contributed by atoms with E-state index in [0.717, 1.165) is 111 Å². The zero-order valence-electron chi connectivity index (χ0n) is 34.5. The second kappa shape index (κ2) is 15.6. The lowest BCUT2D eigenvalue weighted by Gasteiger charge is -2.12. The summed E-state index contributed by atoms with van der Waals surface area (Å²) in [6, 6.07) is 71.3. The van der Waals surface area contributed by atoms with Gasteiger partial charge in [0, 0.05) is 56.5 Å². The largest absolute Gasteiger partial charge is 0.256 e. The molecule has 0 aliphatic carbocycles. The predicted octanol–water partition coefficient (Wildman–Crippen LogP) is 14.3. The summed E-state index contributed by atoms with van der Waals surface area (Å²) in [5.74, 6) is 1.30. The molecule has 0 atom stereocenters. The smallest absolute Gasteiger partial charge is 0.160 e. The van der Waals surface area contributed by atoms with E-state index in [-0.39, 0.29) is 0 Å². The van der Waals surface area contributed by atoms with Crippen molar-refractivity contribution in [2.24, 2.45) is 0 Å². The van der Waals surface area contributed by atoms with Crippen molar-refractivity contribution in [3.63, 3.8) is 0 Å². The summed E-state index contributed by atoms with van der Waals surface area (Å²) in [5.41, 5.74) is 13.2. The van der Waals surface area contributed by atoms with Crippen LogP contribution >= 0.6 is 0 Å². The molecule has 0 unspecified atom stereocenters. The second-order valence-electron chi connectivity index (χ2n) is 16.0. The first-order chi connectivity index (χ1) is 31.7. The van der Waals surface area contributed by atoms with Crippen molar-refractivity contribution in [1.82, 2.24) is 29.9 Å². The van der Waals surface area contributed by atoms with Gasteiger partial charge in [-0.05, 0) is 69.1 Å². The quantitative estimate of drug-likeness (QED) is 0.159. The van der Waals surface area contributed by atoms with E-state index in [1.807, 2.05) is 48.8 Å². The van der Waals surface area contributed by atoms with Crippen LogP contribution < -0.4 is 0 Å². The molecule has 0 aliphatic rings. The van der Waals surface area contributed by atoms with Gasteiger partial charge in [-0.25, -0.2) is 19.9 Å². The van der Waals surface area contributed by atoms with Crippen LogP contribution in [0.15, 0.2) is 219 Å². The number of benzene rings is 8. The first kappa shape index (κ1) is 37.1. The van der Waals surface area contributed by atoms with Gasteiger partial charge in [0.2, 0.25) is 0 Å². The fraction of sp³-hybridized carbons (Fsp3) is 0. The summed E-state index contributed by atoms with van der Waals surface area (Å²) >= 11 is 0. The van der Waals surface area contributed by atoms with Gasteiger partial charge in [0.15, 0.2) is 11.6 Å². The Hall–Kier alpha value is -8.74. The molecule has 0 fully saturated rings. The van der Waals surface area contributed by atoms with E-state index in [9.17, 15) is 0 Å². The molecule has 298 valence electrons. The van der Waals surface area contributed by atoms with E-state index in [1.165, 1.54) is 0 Å². The van der Waals surface area contributed by atoms with Gasteiger partial charge in [0.25, 0.3) is 0 Å². The molecule has 0 saturated heterocycles. The average Bonchev–Trinajstić information content (AvgIpc) is 3.38. The Labute approximate surface area is 369 Å². The first-order valence-corrected chi connectivity index (χ1v) is 21.3. The highest BCUT2D eigenvalue weighted by Crippen LogP contribution is 2.35. The van der Waals surface area contributed by atoms with Crippen molar-refractivity contribution in [1.29, 1.82) is 0 Å². The van der Waals surface area contributed by atoms with Gasteiger partial charge in [-0.1, -0.05) is 170 Å². The Bertz CT molecular complexity index is 3470. The fourth-order valence-corrected chi connectivity index (χ4v) is 8.67. The van der Waals surface area contributed by atoms with Crippen LogP contribution in [0.4, 0.5) is 0 Å². The molecule has 4 heterocycles. The van der Waals surface area contributed by atoms with Crippen molar-refractivity contribution in [2.45, 2.75) is 0 Å². The maximum atomic E-state index is 5.20. The SMILES string of the molecule is c1ccc2ncc(-c3cc(-c4cccc5ccccc45)nc(-c4ccc(-c5ccc(-c6nc(-c7cnc8ccccc8c7)cc(-c7cccc8ccccc78)n6)cc5)cc4)n3)cc2c1. The summed E-state index contributed by atoms with van der Waals surface area (Å²) in [4.78, 5) is 30.2. The van der Waals surface area contributed by atoms with Crippen LogP contribution in [0.5, 0.6) is 0 Å². The molecule has 6 heteroatoms. The normalized spacial score (nSPS) is 11.4. The van der Waals surface area contributed by atoms with Gasteiger partial charge < -0.3 is 0 Å². The third-order valence-corrected chi connectivity index (χ3v) is 12.0. The highest BCUT2D eigenvalue weighted by molar-refractivity contribution is 5.98. The van der Waals surface area contributed by atoms with E-state index in [2.05, 4.69) is 170 Å². The fourth-order valence-electron chi connectivity index (χ4n) is 8.67. The minimum Gasteiger partial charge on any atom is -0.256 e. The van der Waals surface area contributed by atoms with E-state index >= 15 is 0 Å². The Morgan fingerprint density at radius 3 is 1.06 bits per heavy atom. The molecule has 12 rings (SSSR count). The van der Waals surface area contributed by atoms with Gasteiger partial charge >= 0.3 is 0 Å². The molecule has 6 nitrogen and oxygen atoms in total. The first-order valence-electron chi connectivity index (χ1n) is 21.3. The standard InChI is InChI=1S/C58H36N6/c1-5-17-47-39(11-1)15-9-19-49(47)55-33-53(45-31-43-13-3-7-21-51(43)59-35-45)61-57(63-55)41-27-23-37(24-28-41)38-25-29-42(30-26-38)58-62-54(46-32-44-14-4-8-22-52(44)60-36-46)34-56(64-58)50-20-10-16-40-12-2-6-18-48(40)50/h1-36H. The summed E-state index contributed by atoms with van der Waals surface area (Å²) < 4.78 is 0. The third-order valence-electron chi connectivity index (χ3n) is 12.0. The Morgan fingerprint density at radius 1 is 0.250 bits per heavy atom. The van der Waals surface area contributed by atoms with Crippen molar-refractivity contribution < 1.29 is 0 Å². The van der Waals surface area contributed by atoms with Crippen LogP contribution in [-0.4, -0.2) is 29.9 Å². The minimum absolute atomic E-state index is 0.649. The maximum Gasteiger partial charge on any atom is 0.160 e. The topological polar surface area (TPSA) is 77.3 Å². The monoisotopic (exact) mass is 816 g/mol.